The van der Waals surface area contributed by atoms with Crippen molar-refractivity contribution >= 4 is 18.4 Å². The molecule has 0 aliphatic heterocycles. The van der Waals surface area contributed by atoms with Crippen molar-refractivity contribution in [3.05, 3.63) is 36.6 Å². The first kappa shape index (κ1) is 13.2. The molecule has 0 bridgehead atoms. The molecule has 0 saturated heterocycles. The second-order valence-corrected chi connectivity index (χ2v) is 2.99. The van der Waals surface area contributed by atoms with Crippen molar-refractivity contribution in [2.24, 2.45) is 0 Å². The van der Waals surface area contributed by atoms with Crippen LogP contribution < -0.4 is 0 Å². The fraction of sp³-hybridized carbons (Fsp3) is 0.182. The molecule has 2 aromatic heterocycles. The predicted octanol–water partition coefficient (Wildman–Crippen LogP) is 2.34. The Bertz CT molecular complexity index is 484. The SMILES string of the molecule is CCOC(=O)c1ncc(-c2cccnc2)o1.Cl. The molecule has 2 rings (SSSR count). The molecule has 90 valence electrons. The second-order valence-electron chi connectivity index (χ2n) is 2.99. The summed E-state index contributed by atoms with van der Waals surface area (Å²) in [5.74, 6) is -0.102. The van der Waals surface area contributed by atoms with E-state index < -0.39 is 5.97 Å². The smallest absolute Gasteiger partial charge is 0.394 e. The molecular formula is C11H11ClN2O3. The van der Waals surface area contributed by atoms with Crippen LogP contribution in [0.15, 0.2) is 35.1 Å². The van der Waals surface area contributed by atoms with Crippen molar-refractivity contribution in [1.29, 1.82) is 0 Å². The van der Waals surface area contributed by atoms with Gasteiger partial charge in [0.05, 0.1) is 12.8 Å². The van der Waals surface area contributed by atoms with Gasteiger partial charge in [0, 0.05) is 18.0 Å². The van der Waals surface area contributed by atoms with Gasteiger partial charge < -0.3 is 9.15 Å². The standard InChI is InChI=1S/C11H10N2O3.ClH/c1-2-15-11(14)10-13-7-9(16-10)8-4-3-5-12-6-8;/h3-7H,2H2,1H3;1H. The molecule has 0 fully saturated rings. The van der Waals surface area contributed by atoms with Crippen molar-refractivity contribution in [1.82, 2.24) is 9.97 Å². The number of hydrogen-bond acceptors (Lipinski definition) is 5. The van der Waals surface area contributed by atoms with Crippen LogP contribution in [0.2, 0.25) is 0 Å². The van der Waals surface area contributed by atoms with Crippen LogP contribution in [-0.4, -0.2) is 22.5 Å². The number of rotatable bonds is 3. The summed E-state index contributed by atoms with van der Waals surface area (Å²) >= 11 is 0. The van der Waals surface area contributed by atoms with Gasteiger partial charge in [-0.2, -0.15) is 0 Å². The van der Waals surface area contributed by atoms with E-state index in [4.69, 9.17) is 9.15 Å². The van der Waals surface area contributed by atoms with Crippen LogP contribution >= 0.6 is 12.4 Å². The molecule has 6 heteroatoms. The molecule has 2 aromatic rings. The Balaban J connectivity index is 0.00000144. The van der Waals surface area contributed by atoms with Gasteiger partial charge >= 0.3 is 11.9 Å². The predicted molar refractivity (Wildman–Crippen MR) is 62.9 cm³/mol. The molecule has 0 N–H and O–H groups in total. The van der Waals surface area contributed by atoms with Crippen LogP contribution in [0.5, 0.6) is 0 Å². The Morgan fingerprint density at radius 1 is 1.47 bits per heavy atom. The lowest BCUT2D eigenvalue weighted by atomic mass is 10.2. The Hall–Kier alpha value is -1.88. The zero-order valence-electron chi connectivity index (χ0n) is 9.12. The molecule has 0 aliphatic rings. The van der Waals surface area contributed by atoms with E-state index in [2.05, 4.69) is 9.97 Å². The molecule has 0 unspecified atom stereocenters. The fourth-order valence-corrected chi connectivity index (χ4v) is 1.20. The van der Waals surface area contributed by atoms with Gasteiger partial charge in [0.2, 0.25) is 0 Å². The fourth-order valence-electron chi connectivity index (χ4n) is 1.20. The summed E-state index contributed by atoms with van der Waals surface area (Å²) in [7, 11) is 0. The highest BCUT2D eigenvalue weighted by atomic mass is 35.5. The molecule has 0 saturated carbocycles. The van der Waals surface area contributed by atoms with Crippen LogP contribution in [0.3, 0.4) is 0 Å². The maximum absolute atomic E-state index is 11.3. The van der Waals surface area contributed by atoms with Gasteiger partial charge in [-0.1, -0.05) is 0 Å². The summed E-state index contributed by atoms with van der Waals surface area (Å²) in [6.07, 6.45) is 4.77. The maximum Gasteiger partial charge on any atom is 0.394 e. The van der Waals surface area contributed by atoms with Crippen molar-refractivity contribution in [3.8, 4) is 11.3 Å². The van der Waals surface area contributed by atoms with Gasteiger partial charge in [0.1, 0.15) is 0 Å². The van der Waals surface area contributed by atoms with Gasteiger partial charge in [0.15, 0.2) is 5.76 Å². The van der Waals surface area contributed by atoms with Crippen LogP contribution in [0, 0.1) is 0 Å². The average molecular weight is 255 g/mol. The Morgan fingerprint density at radius 2 is 2.29 bits per heavy atom. The Labute approximate surface area is 104 Å². The lowest BCUT2D eigenvalue weighted by Crippen LogP contribution is -2.04. The Morgan fingerprint density at radius 3 is 2.94 bits per heavy atom. The molecule has 17 heavy (non-hydrogen) atoms. The van der Waals surface area contributed by atoms with Crippen LogP contribution in [-0.2, 0) is 4.74 Å². The van der Waals surface area contributed by atoms with Crippen LogP contribution in [0.1, 0.15) is 17.6 Å². The van der Waals surface area contributed by atoms with E-state index in [1.807, 2.05) is 6.07 Å². The zero-order valence-corrected chi connectivity index (χ0v) is 9.94. The van der Waals surface area contributed by atoms with Gasteiger partial charge in [-0.25, -0.2) is 9.78 Å². The second kappa shape index (κ2) is 6.00. The number of halogens is 1. The topological polar surface area (TPSA) is 65.2 Å². The van der Waals surface area contributed by atoms with Crippen LogP contribution in [0.25, 0.3) is 11.3 Å². The molecule has 0 aliphatic carbocycles. The molecule has 5 nitrogen and oxygen atoms in total. The minimum Gasteiger partial charge on any atom is -0.459 e. The third kappa shape index (κ3) is 3.04. The number of aromatic nitrogens is 2. The first-order valence-corrected chi connectivity index (χ1v) is 4.84. The first-order valence-electron chi connectivity index (χ1n) is 4.84. The third-order valence-electron chi connectivity index (χ3n) is 1.90. The van der Waals surface area contributed by atoms with E-state index in [0.29, 0.717) is 12.4 Å². The highest BCUT2D eigenvalue weighted by molar-refractivity contribution is 5.85. The number of carbonyl (C=O) groups excluding carboxylic acids is 1. The number of carbonyl (C=O) groups is 1. The van der Waals surface area contributed by atoms with Gasteiger partial charge in [-0.05, 0) is 19.1 Å². The van der Waals surface area contributed by atoms with Gasteiger partial charge in [-0.3, -0.25) is 4.98 Å². The number of hydrogen-bond donors (Lipinski definition) is 0. The van der Waals surface area contributed by atoms with Crippen LogP contribution in [0.4, 0.5) is 0 Å². The highest BCUT2D eigenvalue weighted by Gasteiger charge is 2.14. The number of pyridine rings is 1. The third-order valence-corrected chi connectivity index (χ3v) is 1.90. The van der Waals surface area contributed by atoms with E-state index in [-0.39, 0.29) is 18.3 Å². The van der Waals surface area contributed by atoms with E-state index in [1.165, 1.54) is 6.20 Å². The summed E-state index contributed by atoms with van der Waals surface area (Å²) in [5, 5.41) is 0. The maximum atomic E-state index is 11.3. The van der Waals surface area contributed by atoms with E-state index >= 15 is 0 Å². The highest BCUT2D eigenvalue weighted by Crippen LogP contribution is 2.18. The number of ether oxygens (including phenoxy) is 1. The Kier molecular flexibility index (Phi) is 4.66. The van der Waals surface area contributed by atoms with Gasteiger partial charge in [-0.15, -0.1) is 12.4 Å². The summed E-state index contributed by atoms with van der Waals surface area (Å²) in [6.45, 7) is 2.02. The molecule has 0 aromatic carbocycles. The molecule has 0 radical (unpaired) electrons. The minimum atomic E-state index is -0.558. The lowest BCUT2D eigenvalue weighted by molar-refractivity contribution is 0.0482. The van der Waals surface area contributed by atoms with Gasteiger partial charge in [0.25, 0.3) is 0 Å². The number of oxazole rings is 1. The zero-order chi connectivity index (χ0) is 11.4. The summed E-state index contributed by atoms with van der Waals surface area (Å²) in [5.41, 5.74) is 0.769. The van der Waals surface area contributed by atoms with Crippen molar-refractivity contribution in [2.45, 2.75) is 6.92 Å². The van der Waals surface area contributed by atoms with E-state index in [0.717, 1.165) is 5.56 Å². The molecule has 0 spiro atoms. The molecular weight excluding hydrogens is 244 g/mol. The number of nitrogens with zero attached hydrogens (tertiary/aromatic N) is 2. The van der Waals surface area contributed by atoms with Crippen molar-refractivity contribution < 1.29 is 13.9 Å². The average Bonchev–Trinajstić information content (AvgIpc) is 2.80. The summed E-state index contributed by atoms with van der Waals surface area (Å²) < 4.78 is 10.0. The molecule has 0 atom stereocenters. The quantitative estimate of drug-likeness (QED) is 0.787. The van der Waals surface area contributed by atoms with Crippen molar-refractivity contribution in [2.75, 3.05) is 6.61 Å². The van der Waals surface area contributed by atoms with E-state index in [1.54, 1.807) is 25.4 Å². The van der Waals surface area contributed by atoms with Crippen molar-refractivity contribution in [3.63, 3.8) is 0 Å². The molecule has 2 heterocycles. The lowest BCUT2D eigenvalue weighted by Gasteiger charge is -1.96. The monoisotopic (exact) mass is 254 g/mol. The minimum absolute atomic E-state index is 0. The molecule has 0 amide bonds. The largest absolute Gasteiger partial charge is 0.459 e. The first-order chi connectivity index (χ1) is 7.81. The number of esters is 1. The summed E-state index contributed by atoms with van der Waals surface area (Å²) in [4.78, 5) is 19.1. The normalized spacial score (nSPS) is 9.47. The summed E-state index contributed by atoms with van der Waals surface area (Å²) in [6, 6.07) is 3.60. The van der Waals surface area contributed by atoms with E-state index in [9.17, 15) is 4.79 Å².